The highest BCUT2D eigenvalue weighted by atomic mass is 16.2. The number of benzene rings is 2. The second-order valence-corrected chi connectivity index (χ2v) is 6.97. The lowest BCUT2D eigenvalue weighted by Crippen LogP contribution is -2.39. The van der Waals surface area contributed by atoms with Gasteiger partial charge in [-0.3, -0.25) is 9.36 Å². The number of fused-ring (bicyclic) bond motifs is 1. The van der Waals surface area contributed by atoms with E-state index in [-0.39, 0.29) is 11.2 Å². The zero-order valence-corrected chi connectivity index (χ0v) is 16.0. The molecule has 2 aromatic heterocycles. The smallest absolute Gasteiger partial charge is 0.336 e. The standard InChI is InChI=1S/C22H22N4O2/c1-16-7-5-10-19(17(16)2)26-21(27)18-8-3-4-9-20(18)25(22(26)28)13-6-12-24-14-11-23-15-24/h3-5,7-11,14-15H,6,12-13H2,1-2H3. The Morgan fingerprint density at radius 2 is 1.79 bits per heavy atom. The predicted octanol–water partition coefficient (Wildman–Crippen LogP) is 3.06. The Morgan fingerprint density at radius 1 is 0.964 bits per heavy atom. The van der Waals surface area contributed by atoms with Crippen LogP contribution in [0.15, 0.2) is 70.8 Å². The minimum Gasteiger partial charge on any atom is -0.337 e. The van der Waals surface area contributed by atoms with Crippen molar-refractivity contribution >= 4 is 10.9 Å². The first-order valence-corrected chi connectivity index (χ1v) is 9.35. The fourth-order valence-corrected chi connectivity index (χ4v) is 3.56. The van der Waals surface area contributed by atoms with E-state index in [9.17, 15) is 9.59 Å². The molecule has 2 heterocycles. The molecule has 2 aromatic carbocycles. The summed E-state index contributed by atoms with van der Waals surface area (Å²) in [5.74, 6) is 0. The molecule has 0 aliphatic rings. The number of aromatic nitrogens is 4. The SMILES string of the molecule is Cc1cccc(-n2c(=O)c3ccccc3n(CCCn3ccnc3)c2=O)c1C. The number of hydrogen-bond acceptors (Lipinski definition) is 3. The summed E-state index contributed by atoms with van der Waals surface area (Å²) in [6.45, 7) is 5.19. The molecule has 0 spiro atoms. The largest absolute Gasteiger partial charge is 0.337 e. The molecule has 0 saturated carbocycles. The third kappa shape index (κ3) is 3.07. The van der Waals surface area contributed by atoms with Gasteiger partial charge in [-0.1, -0.05) is 24.3 Å². The van der Waals surface area contributed by atoms with E-state index in [1.54, 1.807) is 23.2 Å². The normalized spacial score (nSPS) is 11.2. The van der Waals surface area contributed by atoms with Crippen LogP contribution in [0.5, 0.6) is 0 Å². The van der Waals surface area contributed by atoms with Crippen LogP contribution in [-0.4, -0.2) is 18.7 Å². The lowest BCUT2D eigenvalue weighted by molar-refractivity contribution is 0.549. The quantitative estimate of drug-likeness (QED) is 0.539. The molecule has 6 nitrogen and oxygen atoms in total. The Labute approximate surface area is 162 Å². The first kappa shape index (κ1) is 18.0. The van der Waals surface area contributed by atoms with Gasteiger partial charge in [0.15, 0.2) is 0 Å². The molecule has 4 rings (SSSR count). The first-order valence-electron chi connectivity index (χ1n) is 9.35. The fraction of sp³-hybridized carbons (Fsp3) is 0.227. The zero-order chi connectivity index (χ0) is 19.7. The number of rotatable bonds is 5. The summed E-state index contributed by atoms with van der Waals surface area (Å²) in [6.07, 6.45) is 6.16. The van der Waals surface area contributed by atoms with Gasteiger partial charge in [-0.05, 0) is 49.6 Å². The molecule has 0 fully saturated rings. The minimum absolute atomic E-state index is 0.278. The van der Waals surface area contributed by atoms with Crippen LogP contribution in [0.1, 0.15) is 17.5 Å². The van der Waals surface area contributed by atoms with Crippen LogP contribution < -0.4 is 11.2 Å². The Hall–Kier alpha value is -3.41. The van der Waals surface area contributed by atoms with E-state index in [0.29, 0.717) is 23.1 Å². The molecule has 142 valence electrons. The third-order valence-corrected chi connectivity index (χ3v) is 5.22. The molecule has 0 bridgehead atoms. The lowest BCUT2D eigenvalue weighted by atomic mass is 10.1. The summed E-state index contributed by atoms with van der Waals surface area (Å²) in [5.41, 5.74) is 2.71. The van der Waals surface area contributed by atoms with Gasteiger partial charge in [-0.25, -0.2) is 14.3 Å². The van der Waals surface area contributed by atoms with Crippen molar-refractivity contribution < 1.29 is 0 Å². The highest BCUT2D eigenvalue weighted by Crippen LogP contribution is 2.16. The van der Waals surface area contributed by atoms with Crippen molar-refractivity contribution in [3.8, 4) is 5.69 Å². The van der Waals surface area contributed by atoms with Crippen molar-refractivity contribution in [3.63, 3.8) is 0 Å². The molecule has 0 saturated heterocycles. The van der Waals surface area contributed by atoms with E-state index in [4.69, 9.17) is 0 Å². The summed E-state index contributed by atoms with van der Waals surface area (Å²) in [6, 6.07) is 13.0. The summed E-state index contributed by atoms with van der Waals surface area (Å²) in [4.78, 5) is 30.6. The second kappa shape index (κ2) is 7.31. The second-order valence-electron chi connectivity index (χ2n) is 6.97. The first-order chi connectivity index (χ1) is 13.6. The third-order valence-electron chi connectivity index (χ3n) is 5.22. The molecular formula is C22H22N4O2. The van der Waals surface area contributed by atoms with Gasteiger partial charge < -0.3 is 4.57 Å². The minimum atomic E-state index is -0.303. The van der Waals surface area contributed by atoms with Crippen LogP contribution in [-0.2, 0) is 13.1 Å². The Balaban J connectivity index is 1.88. The lowest BCUT2D eigenvalue weighted by Gasteiger charge is -2.16. The highest BCUT2D eigenvalue weighted by Gasteiger charge is 2.16. The average molecular weight is 374 g/mol. The summed E-state index contributed by atoms with van der Waals surface area (Å²) in [7, 11) is 0. The van der Waals surface area contributed by atoms with Crippen molar-refractivity contribution in [3.05, 3.63) is 93.2 Å². The Kier molecular flexibility index (Phi) is 4.69. The molecule has 0 aliphatic carbocycles. The van der Waals surface area contributed by atoms with Gasteiger partial charge >= 0.3 is 5.69 Å². The van der Waals surface area contributed by atoms with Crippen molar-refractivity contribution in [2.75, 3.05) is 0 Å². The van der Waals surface area contributed by atoms with Crippen molar-refractivity contribution in [1.29, 1.82) is 0 Å². The maximum absolute atomic E-state index is 13.4. The van der Waals surface area contributed by atoms with Crippen LogP contribution in [0.25, 0.3) is 16.6 Å². The van der Waals surface area contributed by atoms with E-state index in [1.807, 2.05) is 61.0 Å². The zero-order valence-electron chi connectivity index (χ0n) is 16.0. The van der Waals surface area contributed by atoms with Gasteiger partial charge in [0, 0.05) is 25.5 Å². The highest BCUT2D eigenvalue weighted by molar-refractivity contribution is 5.78. The molecule has 0 atom stereocenters. The maximum Gasteiger partial charge on any atom is 0.336 e. The van der Waals surface area contributed by atoms with Crippen LogP contribution in [0.2, 0.25) is 0 Å². The van der Waals surface area contributed by atoms with Crippen LogP contribution in [0, 0.1) is 13.8 Å². The van der Waals surface area contributed by atoms with Gasteiger partial charge in [0.25, 0.3) is 5.56 Å². The van der Waals surface area contributed by atoms with E-state index < -0.39 is 0 Å². The van der Waals surface area contributed by atoms with Crippen molar-refractivity contribution in [1.82, 2.24) is 18.7 Å². The molecule has 6 heteroatoms. The van der Waals surface area contributed by atoms with E-state index in [0.717, 1.165) is 24.1 Å². The van der Waals surface area contributed by atoms with Gasteiger partial charge in [0.05, 0.1) is 22.9 Å². The number of imidazole rings is 1. The predicted molar refractivity (Wildman–Crippen MR) is 110 cm³/mol. The van der Waals surface area contributed by atoms with E-state index >= 15 is 0 Å². The van der Waals surface area contributed by atoms with Gasteiger partial charge in [-0.2, -0.15) is 0 Å². The maximum atomic E-state index is 13.4. The molecule has 0 radical (unpaired) electrons. The molecule has 0 unspecified atom stereocenters. The monoisotopic (exact) mass is 374 g/mol. The van der Waals surface area contributed by atoms with Gasteiger partial charge in [-0.15, -0.1) is 0 Å². The number of para-hydroxylation sites is 1. The number of nitrogens with zero attached hydrogens (tertiary/aromatic N) is 4. The summed E-state index contributed by atoms with van der Waals surface area (Å²) >= 11 is 0. The van der Waals surface area contributed by atoms with E-state index in [1.165, 1.54) is 4.57 Å². The van der Waals surface area contributed by atoms with Crippen LogP contribution >= 0.6 is 0 Å². The molecular weight excluding hydrogens is 352 g/mol. The van der Waals surface area contributed by atoms with Crippen LogP contribution in [0.4, 0.5) is 0 Å². The summed E-state index contributed by atoms with van der Waals surface area (Å²) in [5, 5.41) is 0.547. The fourth-order valence-electron chi connectivity index (χ4n) is 3.56. The average Bonchev–Trinajstić information content (AvgIpc) is 3.21. The molecule has 28 heavy (non-hydrogen) atoms. The number of hydrogen-bond donors (Lipinski definition) is 0. The van der Waals surface area contributed by atoms with Crippen molar-refractivity contribution in [2.45, 2.75) is 33.4 Å². The van der Waals surface area contributed by atoms with Crippen LogP contribution in [0.3, 0.4) is 0 Å². The summed E-state index contributed by atoms with van der Waals surface area (Å²) < 4.78 is 4.99. The molecule has 4 aromatic rings. The topological polar surface area (TPSA) is 61.8 Å². The number of aryl methyl sites for hydroxylation is 3. The van der Waals surface area contributed by atoms with Gasteiger partial charge in [0.2, 0.25) is 0 Å². The molecule has 0 N–H and O–H groups in total. The molecule has 0 amide bonds. The van der Waals surface area contributed by atoms with Crippen molar-refractivity contribution in [2.24, 2.45) is 0 Å². The van der Waals surface area contributed by atoms with E-state index in [2.05, 4.69) is 4.98 Å². The molecule has 0 aliphatic heterocycles. The Morgan fingerprint density at radius 3 is 2.57 bits per heavy atom. The van der Waals surface area contributed by atoms with Gasteiger partial charge in [0.1, 0.15) is 0 Å². The Bertz CT molecular complexity index is 1250.